The predicted molar refractivity (Wildman–Crippen MR) is 122 cm³/mol. The van der Waals surface area contributed by atoms with Crippen molar-refractivity contribution < 1.29 is 9.53 Å². The van der Waals surface area contributed by atoms with Gasteiger partial charge in [-0.15, -0.1) is 0 Å². The minimum Gasteiger partial charge on any atom is -0.497 e. The Hall–Kier alpha value is -3.09. The van der Waals surface area contributed by atoms with Crippen LogP contribution in [0.2, 0.25) is 0 Å². The van der Waals surface area contributed by atoms with E-state index in [1.54, 1.807) is 7.11 Å². The smallest absolute Gasteiger partial charge is 0.223 e. The van der Waals surface area contributed by atoms with Crippen LogP contribution >= 0.6 is 0 Å². The molecule has 0 radical (unpaired) electrons. The number of carbonyl (C=O) groups excluding carboxylic acids is 1. The molecule has 1 amide bonds. The number of nitrogens with one attached hydrogen (secondary N) is 1. The first-order valence-electron chi connectivity index (χ1n) is 11.1. The van der Waals surface area contributed by atoms with Gasteiger partial charge in [-0.05, 0) is 43.5 Å². The first-order chi connectivity index (χ1) is 15.2. The zero-order chi connectivity index (χ0) is 21.6. The molecule has 0 bridgehead atoms. The van der Waals surface area contributed by atoms with Crippen molar-refractivity contribution in [1.82, 2.24) is 19.9 Å². The molecule has 7 nitrogen and oxygen atoms in total. The number of ether oxygens (including phenoxy) is 1. The van der Waals surface area contributed by atoms with Gasteiger partial charge in [0, 0.05) is 68.2 Å². The second kappa shape index (κ2) is 9.81. The van der Waals surface area contributed by atoms with Crippen LogP contribution in [0.1, 0.15) is 32.0 Å². The lowest BCUT2D eigenvalue weighted by Crippen LogP contribution is -2.41. The Balaban J connectivity index is 1.28. The number of pyridine rings is 1. The lowest BCUT2D eigenvalue weighted by molar-refractivity contribution is -0.125. The highest BCUT2D eigenvalue weighted by Crippen LogP contribution is 2.31. The Morgan fingerprint density at radius 3 is 2.81 bits per heavy atom. The van der Waals surface area contributed by atoms with Crippen LogP contribution in [0.3, 0.4) is 0 Å². The third-order valence-electron chi connectivity index (χ3n) is 6.13. The van der Waals surface area contributed by atoms with Crippen molar-refractivity contribution in [2.75, 3.05) is 31.6 Å². The summed E-state index contributed by atoms with van der Waals surface area (Å²) in [6.45, 7) is 5.43. The molecule has 4 rings (SSSR count). The van der Waals surface area contributed by atoms with E-state index in [0.29, 0.717) is 6.54 Å². The third-order valence-corrected chi connectivity index (χ3v) is 6.13. The molecular weight excluding hydrogens is 390 g/mol. The molecule has 0 spiro atoms. The summed E-state index contributed by atoms with van der Waals surface area (Å²) < 4.78 is 7.56. The van der Waals surface area contributed by atoms with Crippen molar-refractivity contribution >= 4 is 22.5 Å². The summed E-state index contributed by atoms with van der Waals surface area (Å²) in [5.74, 6) is 2.19. The fourth-order valence-corrected chi connectivity index (χ4v) is 4.36. The van der Waals surface area contributed by atoms with Gasteiger partial charge in [0.05, 0.1) is 12.6 Å². The molecule has 3 heterocycles. The molecule has 0 atom stereocenters. The van der Waals surface area contributed by atoms with E-state index in [4.69, 9.17) is 4.74 Å². The average molecular weight is 422 g/mol. The van der Waals surface area contributed by atoms with Gasteiger partial charge in [0.25, 0.3) is 0 Å². The molecule has 1 aromatic carbocycles. The van der Waals surface area contributed by atoms with E-state index < -0.39 is 0 Å². The van der Waals surface area contributed by atoms with E-state index in [0.717, 1.165) is 73.5 Å². The summed E-state index contributed by atoms with van der Waals surface area (Å²) in [5.41, 5.74) is 2.12. The normalized spacial score (nSPS) is 14.7. The topological polar surface area (TPSA) is 72.3 Å². The van der Waals surface area contributed by atoms with Crippen LogP contribution in [0.25, 0.3) is 10.9 Å². The third kappa shape index (κ3) is 4.81. The first-order valence-corrected chi connectivity index (χ1v) is 11.1. The van der Waals surface area contributed by atoms with Gasteiger partial charge in [0.1, 0.15) is 11.6 Å². The summed E-state index contributed by atoms with van der Waals surface area (Å²) >= 11 is 0. The summed E-state index contributed by atoms with van der Waals surface area (Å²) in [6.07, 6.45) is 9.27. The second-order valence-electron chi connectivity index (χ2n) is 8.01. The van der Waals surface area contributed by atoms with Crippen LogP contribution < -0.4 is 15.0 Å². The van der Waals surface area contributed by atoms with E-state index in [2.05, 4.69) is 37.7 Å². The van der Waals surface area contributed by atoms with Crippen LogP contribution in [0.5, 0.6) is 5.75 Å². The van der Waals surface area contributed by atoms with Crippen LogP contribution in [0, 0.1) is 5.92 Å². The van der Waals surface area contributed by atoms with E-state index in [9.17, 15) is 4.79 Å². The maximum Gasteiger partial charge on any atom is 0.223 e. The number of hydrogen-bond acceptors (Lipinski definition) is 5. The summed E-state index contributed by atoms with van der Waals surface area (Å²) in [6, 6.07) is 8.03. The van der Waals surface area contributed by atoms with Crippen LogP contribution in [0.4, 0.5) is 5.69 Å². The Bertz CT molecular complexity index is 1020. The summed E-state index contributed by atoms with van der Waals surface area (Å²) in [7, 11) is 1.68. The Kier molecular flexibility index (Phi) is 6.70. The van der Waals surface area contributed by atoms with Crippen molar-refractivity contribution in [2.45, 2.75) is 39.2 Å². The van der Waals surface area contributed by atoms with Crippen molar-refractivity contribution in [1.29, 1.82) is 0 Å². The number of imidazole rings is 1. The molecule has 1 saturated heterocycles. The molecule has 0 aliphatic carbocycles. The van der Waals surface area contributed by atoms with Gasteiger partial charge < -0.3 is 19.5 Å². The Morgan fingerprint density at radius 1 is 1.19 bits per heavy atom. The number of methoxy groups -OCH3 is 1. The number of carbonyl (C=O) groups is 1. The standard InChI is InChI=1S/C24H31N5O2/c1-3-23-26-12-16-29(23)13-4-10-27-24(30)18-8-14-28(15-9-18)22-7-11-25-21-6-5-19(31-2)17-20(21)22/h5-7,11-12,16-18H,3-4,8-10,13-15H2,1-2H3,(H,27,30). The number of aromatic nitrogens is 3. The van der Waals surface area contributed by atoms with Crippen molar-refractivity contribution in [2.24, 2.45) is 5.92 Å². The molecule has 0 unspecified atom stereocenters. The van der Waals surface area contributed by atoms with E-state index in [1.807, 2.05) is 36.8 Å². The highest BCUT2D eigenvalue weighted by atomic mass is 16.5. The minimum absolute atomic E-state index is 0.0818. The highest BCUT2D eigenvalue weighted by molar-refractivity contribution is 5.92. The van der Waals surface area contributed by atoms with Gasteiger partial charge in [0.2, 0.25) is 5.91 Å². The van der Waals surface area contributed by atoms with Crippen molar-refractivity contribution in [3.05, 3.63) is 48.7 Å². The summed E-state index contributed by atoms with van der Waals surface area (Å²) in [5, 5.41) is 4.23. The number of aryl methyl sites for hydroxylation is 2. The van der Waals surface area contributed by atoms with Crippen molar-refractivity contribution in [3.63, 3.8) is 0 Å². The van der Waals surface area contributed by atoms with E-state index in [1.165, 1.54) is 0 Å². The monoisotopic (exact) mass is 421 g/mol. The second-order valence-corrected chi connectivity index (χ2v) is 8.01. The maximum absolute atomic E-state index is 12.6. The molecule has 1 N–H and O–H groups in total. The number of rotatable bonds is 8. The van der Waals surface area contributed by atoms with Crippen LogP contribution in [-0.2, 0) is 17.8 Å². The van der Waals surface area contributed by atoms with Gasteiger partial charge in [-0.2, -0.15) is 0 Å². The van der Waals surface area contributed by atoms with Gasteiger partial charge in [-0.3, -0.25) is 9.78 Å². The molecule has 164 valence electrons. The van der Waals surface area contributed by atoms with Gasteiger partial charge in [-0.25, -0.2) is 4.98 Å². The zero-order valence-corrected chi connectivity index (χ0v) is 18.4. The number of amides is 1. The molecule has 31 heavy (non-hydrogen) atoms. The average Bonchev–Trinajstić information content (AvgIpc) is 3.28. The molecule has 1 fully saturated rings. The van der Waals surface area contributed by atoms with Gasteiger partial charge >= 0.3 is 0 Å². The summed E-state index contributed by atoms with van der Waals surface area (Å²) in [4.78, 5) is 23.8. The lowest BCUT2D eigenvalue weighted by atomic mass is 9.95. The molecular formula is C24H31N5O2. The Morgan fingerprint density at radius 2 is 2.03 bits per heavy atom. The Labute approximate surface area is 183 Å². The number of fused-ring (bicyclic) bond motifs is 1. The zero-order valence-electron chi connectivity index (χ0n) is 18.4. The van der Waals surface area contributed by atoms with Crippen molar-refractivity contribution in [3.8, 4) is 5.75 Å². The fourth-order valence-electron chi connectivity index (χ4n) is 4.36. The number of hydrogen-bond donors (Lipinski definition) is 1. The number of anilines is 1. The molecule has 2 aromatic heterocycles. The molecule has 7 heteroatoms. The number of benzene rings is 1. The largest absolute Gasteiger partial charge is 0.497 e. The molecule has 0 saturated carbocycles. The maximum atomic E-state index is 12.6. The number of piperidine rings is 1. The minimum atomic E-state index is 0.0818. The van der Waals surface area contributed by atoms with E-state index in [-0.39, 0.29) is 11.8 Å². The molecule has 1 aliphatic rings. The lowest BCUT2D eigenvalue weighted by Gasteiger charge is -2.33. The van der Waals surface area contributed by atoms with Gasteiger partial charge in [-0.1, -0.05) is 6.92 Å². The fraction of sp³-hybridized carbons (Fsp3) is 0.458. The van der Waals surface area contributed by atoms with Crippen LogP contribution in [-0.4, -0.2) is 47.2 Å². The number of nitrogens with zero attached hydrogens (tertiary/aromatic N) is 4. The van der Waals surface area contributed by atoms with Gasteiger partial charge in [0.15, 0.2) is 0 Å². The molecule has 3 aromatic rings. The SMILES string of the molecule is CCc1nccn1CCCNC(=O)C1CCN(c2ccnc3ccc(OC)cc23)CC1. The predicted octanol–water partition coefficient (Wildman–Crippen LogP) is 3.43. The van der Waals surface area contributed by atoms with E-state index >= 15 is 0 Å². The highest BCUT2D eigenvalue weighted by Gasteiger charge is 2.25. The quantitative estimate of drug-likeness (QED) is 0.564. The molecule has 1 aliphatic heterocycles. The first kappa shape index (κ1) is 21.2. The van der Waals surface area contributed by atoms with Crippen LogP contribution in [0.15, 0.2) is 42.9 Å².